The van der Waals surface area contributed by atoms with E-state index in [9.17, 15) is 24.3 Å². The number of carboxylic acids is 1. The Morgan fingerprint density at radius 3 is 2.10 bits per heavy atom. The highest BCUT2D eigenvalue weighted by Crippen LogP contribution is 2.44. The summed E-state index contributed by atoms with van der Waals surface area (Å²) in [6.45, 7) is 5.74. The Morgan fingerprint density at radius 2 is 1.54 bits per heavy atom. The number of likely N-dealkylation sites (N-methyl/N-ethyl adjacent to an activating group) is 1. The first-order valence-electron chi connectivity index (χ1n) is 13.3. The predicted octanol–water partition coefficient (Wildman–Crippen LogP) is 4.73. The zero-order valence-electron chi connectivity index (χ0n) is 23.1. The lowest BCUT2D eigenvalue weighted by atomic mass is 9.98. The van der Waals surface area contributed by atoms with Crippen LogP contribution in [0.5, 0.6) is 0 Å². The second kappa shape index (κ2) is 13.3. The third-order valence-corrected chi connectivity index (χ3v) is 6.58. The van der Waals surface area contributed by atoms with Crippen molar-refractivity contribution in [3.8, 4) is 11.1 Å². The molecule has 2 aromatic carbocycles. The summed E-state index contributed by atoms with van der Waals surface area (Å²) in [5.74, 6) is -1.94. The first-order valence-corrected chi connectivity index (χ1v) is 13.3. The van der Waals surface area contributed by atoms with Gasteiger partial charge in [-0.3, -0.25) is 14.5 Å². The molecular weight excluding hydrogens is 500 g/mol. The van der Waals surface area contributed by atoms with E-state index in [2.05, 4.69) is 5.32 Å². The lowest BCUT2D eigenvalue weighted by Crippen LogP contribution is -2.43. The Labute approximate surface area is 229 Å². The van der Waals surface area contributed by atoms with Gasteiger partial charge in [0.2, 0.25) is 5.91 Å². The van der Waals surface area contributed by atoms with Gasteiger partial charge >= 0.3 is 18.0 Å². The molecule has 1 aliphatic carbocycles. The van der Waals surface area contributed by atoms with Gasteiger partial charge in [-0.2, -0.15) is 0 Å². The predicted molar refractivity (Wildman–Crippen MR) is 146 cm³/mol. The number of unbranched alkanes of at least 4 members (excludes halogenated alkanes) is 1. The van der Waals surface area contributed by atoms with Gasteiger partial charge in [0, 0.05) is 25.9 Å². The molecule has 0 fully saturated rings. The van der Waals surface area contributed by atoms with Crippen LogP contribution in [-0.4, -0.2) is 65.8 Å². The van der Waals surface area contributed by atoms with Crippen LogP contribution in [0.25, 0.3) is 11.1 Å². The fourth-order valence-corrected chi connectivity index (χ4v) is 4.69. The molecule has 2 amide bonds. The SMILES string of the molecule is CN(C(=O)OCC1c2ccccc2-c2ccccc21)[C@@H](CCCCNC(=O)CCC(=O)OC(C)(C)C)C(=O)O. The van der Waals surface area contributed by atoms with Crippen LogP contribution in [0.15, 0.2) is 48.5 Å². The molecule has 0 aliphatic heterocycles. The van der Waals surface area contributed by atoms with Gasteiger partial charge in [-0.15, -0.1) is 0 Å². The van der Waals surface area contributed by atoms with E-state index >= 15 is 0 Å². The summed E-state index contributed by atoms with van der Waals surface area (Å²) in [5.41, 5.74) is 3.79. The van der Waals surface area contributed by atoms with Gasteiger partial charge in [0.1, 0.15) is 18.2 Å². The second-order valence-electron chi connectivity index (χ2n) is 10.7. The number of amides is 2. The molecule has 1 aliphatic rings. The summed E-state index contributed by atoms with van der Waals surface area (Å²) in [6, 6.07) is 14.9. The lowest BCUT2D eigenvalue weighted by molar-refractivity contribution is -0.155. The summed E-state index contributed by atoms with van der Waals surface area (Å²) in [4.78, 5) is 49.5. The van der Waals surface area contributed by atoms with E-state index in [1.54, 1.807) is 20.8 Å². The van der Waals surface area contributed by atoms with E-state index in [0.717, 1.165) is 27.2 Å². The molecule has 0 saturated heterocycles. The number of rotatable bonds is 12. The highest BCUT2D eigenvalue weighted by molar-refractivity contribution is 5.82. The molecule has 0 aromatic heterocycles. The van der Waals surface area contributed by atoms with Crippen LogP contribution in [0.2, 0.25) is 0 Å². The van der Waals surface area contributed by atoms with Gasteiger partial charge in [-0.25, -0.2) is 9.59 Å². The minimum atomic E-state index is -1.12. The average Bonchev–Trinajstić information content (AvgIpc) is 3.20. The third kappa shape index (κ3) is 8.30. The number of nitrogens with zero attached hydrogens (tertiary/aromatic N) is 1. The van der Waals surface area contributed by atoms with Crippen molar-refractivity contribution in [2.75, 3.05) is 20.2 Å². The maximum Gasteiger partial charge on any atom is 0.410 e. The summed E-state index contributed by atoms with van der Waals surface area (Å²) in [6.07, 6.45) is 0.542. The van der Waals surface area contributed by atoms with Crippen molar-refractivity contribution in [2.45, 2.75) is 70.4 Å². The molecule has 1 atom stereocenters. The molecule has 0 bridgehead atoms. The zero-order chi connectivity index (χ0) is 28.6. The largest absolute Gasteiger partial charge is 0.480 e. The smallest absolute Gasteiger partial charge is 0.410 e. The molecule has 9 heteroatoms. The number of nitrogens with one attached hydrogen (secondary N) is 1. The third-order valence-electron chi connectivity index (χ3n) is 6.58. The summed E-state index contributed by atoms with van der Waals surface area (Å²) in [7, 11) is 1.43. The van der Waals surface area contributed by atoms with Crippen molar-refractivity contribution in [3.05, 3.63) is 59.7 Å². The van der Waals surface area contributed by atoms with E-state index in [4.69, 9.17) is 9.47 Å². The van der Waals surface area contributed by atoms with Gasteiger partial charge in [0.05, 0.1) is 6.42 Å². The van der Waals surface area contributed by atoms with Crippen LogP contribution in [0, 0.1) is 0 Å². The number of hydrogen-bond donors (Lipinski definition) is 2. The summed E-state index contributed by atoms with van der Waals surface area (Å²) < 4.78 is 10.8. The standard InChI is InChI=1S/C30H38N2O7/c1-30(2,3)39-27(34)17-16-26(33)31-18-10-9-15-25(28(35)36)32(4)29(37)38-19-24-22-13-7-5-11-20(22)21-12-6-8-14-23(21)24/h5-8,11-14,24-25H,9-10,15-19H2,1-4H3,(H,31,33)(H,35,36)/t25-/m0/s1. The number of ether oxygens (including phenoxy) is 2. The van der Waals surface area contributed by atoms with Crippen molar-refractivity contribution < 1.29 is 33.8 Å². The number of hydrogen-bond acceptors (Lipinski definition) is 6. The van der Waals surface area contributed by atoms with E-state index in [1.165, 1.54) is 7.05 Å². The Morgan fingerprint density at radius 1 is 0.949 bits per heavy atom. The van der Waals surface area contributed by atoms with Gasteiger partial charge in [-0.1, -0.05) is 48.5 Å². The fourth-order valence-electron chi connectivity index (χ4n) is 4.69. The van der Waals surface area contributed by atoms with Crippen LogP contribution in [0.4, 0.5) is 4.79 Å². The second-order valence-corrected chi connectivity index (χ2v) is 10.7. The first-order chi connectivity index (χ1) is 18.5. The Balaban J connectivity index is 1.43. The van der Waals surface area contributed by atoms with Gasteiger partial charge < -0.3 is 19.9 Å². The lowest BCUT2D eigenvalue weighted by Gasteiger charge is -2.25. The number of fused-ring (bicyclic) bond motifs is 3. The molecule has 39 heavy (non-hydrogen) atoms. The Kier molecular flexibility index (Phi) is 10.1. The molecule has 0 saturated carbocycles. The molecule has 3 rings (SSSR count). The molecule has 0 radical (unpaired) electrons. The minimum absolute atomic E-state index is 0.00484. The van der Waals surface area contributed by atoms with E-state index in [-0.39, 0.29) is 37.7 Å². The van der Waals surface area contributed by atoms with Crippen molar-refractivity contribution >= 4 is 23.9 Å². The molecule has 9 nitrogen and oxygen atoms in total. The number of carbonyl (C=O) groups is 4. The molecule has 0 unspecified atom stereocenters. The number of carbonyl (C=O) groups excluding carboxylic acids is 3. The maximum atomic E-state index is 12.8. The van der Waals surface area contributed by atoms with Crippen LogP contribution < -0.4 is 5.32 Å². The highest BCUT2D eigenvalue weighted by atomic mass is 16.6. The average molecular weight is 539 g/mol. The quantitative estimate of drug-likeness (QED) is 0.296. The Hall–Kier alpha value is -3.88. The minimum Gasteiger partial charge on any atom is -0.480 e. The van der Waals surface area contributed by atoms with E-state index in [0.29, 0.717) is 19.4 Å². The van der Waals surface area contributed by atoms with Crippen LogP contribution >= 0.6 is 0 Å². The van der Waals surface area contributed by atoms with Crippen molar-refractivity contribution in [1.82, 2.24) is 10.2 Å². The van der Waals surface area contributed by atoms with E-state index in [1.807, 2.05) is 48.5 Å². The van der Waals surface area contributed by atoms with Gasteiger partial charge in [0.25, 0.3) is 0 Å². The molecular formula is C30H38N2O7. The molecule has 0 spiro atoms. The molecule has 0 heterocycles. The summed E-state index contributed by atoms with van der Waals surface area (Å²) >= 11 is 0. The molecule has 210 valence electrons. The fraction of sp³-hybridized carbons (Fsp3) is 0.467. The maximum absolute atomic E-state index is 12.8. The number of aliphatic carboxylic acids is 1. The van der Waals surface area contributed by atoms with Crippen molar-refractivity contribution in [1.29, 1.82) is 0 Å². The molecule has 2 N–H and O–H groups in total. The Bertz CT molecular complexity index is 1140. The zero-order valence-corrected chi connectivity index (χ0v) is 23.1. The van der Waals surface area contributed by atoms with Crippen molar-refractivity contribution in [2.24, 2.45) is 0 Å². The summed E-state index contributed by atoms with van der Waals surface area (Å²) in [5, 5.41) is 12.4. The van der Waals surface area contributed by atoms with Gasteiger partial charge in [-0.05, 0) is 62.3 Å². The van der Waals surface area contributed by atoms with Crippen molar-refractivity contribution in [3.63, 3.8) is 0 Å². The van der Waals surface area contributed by atoms with Crippen LogP contribution in [0.3, 0.4) is 0 Å². The van der Waals surface area contributed by atoms with Gasteiger partial charge in [0.15, 0.2) is 0 Å². The topological polar surface area (TPSA) is 122 Å². The number of benzene rings is 2. The van der Waals surface area contributed by atoms with Crippen LogP contribution in [-0.2, 0) is 23.9 Å². The highest BCUT2D eigenvalue weighted by Gasteiger charge is 2.31. The monoisotopic (exact) mass is 538 g/mol. The normalized spacial score (nSPS) is 13.1. The van der Waals surface area contributed by atoms with E-state index < -0.39 is 29.7 Å². The number of carboxylic acid groups (broad SMARTS) is 1. The van der Waals surface area contributed by atoms with Crippen LogP contribution in [0.1, 0.15) is 69.9 Å². The number of esters is 1. The molecule has 2 aromatic rings. The first kappa shape index (κ1) is 29.7.